The molecular weight excluding hydrogens is 267 g/mol. The average Bonchev–Trinajstić information content (AvgIpc) is 2.48. The molecule has 4 heteroatoms. The van der Waals surface area contributed by atoms with Crippen LogP contribution < -0.4 is 11.1 Å². The van der Waals surface area contributed by atoms with Crippen LogP contribution in [0.5, 0.6) is 0 Å². The van der Waals surface area contributed by atoms with Crippen molar-refractivity contribution in [2.24, 2.45) is 5.73 Å². The number of benzene rings is 2. The first-order chi connectivity index (χ1) is 9.91. The van der Waals surface area contributed by atoms with E-state index in [1.54, 1.807) is 26.0 Å². The van der Waals surface area contributed by atoms with Gasteiger partial charge in [0.2, 0.25) is 5.91 Å². The zero-order valence-electron chi connectivity index (χ0n) is 12.1. The summed E-state index contributed by atoms with van der Waals surface area (Å²) >= 11 is 0. The van der Waals surface area contributed by atoms with Crippen LogP contribution in [0.2, 0.25) is 0 Å². The average molecular weight is 286 g/mol. The molecule has 0 heterocycles. The normalized spacial score (nSPS) is 15.0. The van der Waals surface area contributed by atoms with Gasteiger partial charge in [-0.2, -0.15) is 0 Å². The minimum Gasteiger partial charge on any atom is -0.348 e. The van der Waals surface area contributed by atoms with Crippen molar-refractivity contribution in [3.63, 3.8) is 0 Å². The zero-order valence-corrected chi connectivity index (χ0v) is 12.1. The van der Waals surface area contributed by atoms with E-state index in [0.717, 1.165) is 5.56 Å². The van der Waals surface area contributed by atoms with Crippen LogP contribution in [-0.2, 0) is 10.3 Å². The van der Waals surface area contributed by atoms with Gasteiger partial charge >= 0.3 is 0 Å². The van der Waals surface area contributed by atoms with E-state index in [1.807, 2.05) is 30.3 Å². The van der Waals surface area contributed by atoms with E-state index in [9.17, 15) is 9.18 Å². The highest BCUT2D eigenvalue weighted by Gasteiger charge is 2.31. The number of amides is 1. The van der Waals surface area contributed by atoms with Crippen LogP contribution in [0.1, 0.15) is 31.0 Å². The summed E-state index contributed by atoms with van der Waals surface area (Å²) in [7, 11) is 0. The van der Waals surface area contributed by atoms with E-state index in [0.29, 0.717) is 5.56 Å². The molecule has 2 atom stereocenters. The molecule has 2 aromatic carbocycles. The number of carbonyl (C=O) groups excluding carboxylic acids is 1. The third kappa shape index (κ3) is 3.47. The molecule has 0 spiro atoms. The molecule has 0 aliphatic carbocycles. The van der Waals surface area contributed by atoms with E-state index >= 15 is 0 Å². The van der Waals surface area contributed by atoms with Crippen molar-refractivity contribution >= 4 is 5.91 Å². The summed E-state index contributed by atoms with van der Waals surface area (Å²) in [4.78, 5) is 12.4. The molecule has 0 saturated heterocycles. The Balaban J connectivity index is 2.14. The van der Waals surface area contributed by atoms with Gasteiger partial charge in [-0.3, -0.25) is 4.79 Å². The van der Waals surface area contributed by atoms with E-state index in [4.69, 9.17) is 5.73 Å². The molecule has 3 nitrogen and oxygen atoms in total. The van der Waals surface area contributed by atoms with Crippen LogP contribution in [0.25, 0.3) is 0 Å². The van der Waals surface area contributed by atoms with Crippen molar-refractivity contribution < 1.29 is 9.18 Å². The fourth-order valence-corrected chi connectivity index (χ4v) is 2.12. The fourth-order valence-electron chi connectivity index (χ4n) is 2.12. The first-order valence-electron chi connectivity index (χ1n) is 6.82. The number of nitrogens with two attached hydrogens (primary N) is 1. The first-order valence-corrected chi connectivity index (χ1v) is 6.82. The standard InChI is InChI=1S/C17H19FN2O/c1-12(13-7-6-10-15(18)11-13)20-16(21)17(2,19)14-8-4-3-5-9-14/h3-12H,19H2,1-2H3,(H,20,21)/t12-,17?/m0/s1. The van der Waals surface area contributed by atoms with Crippen molar-refractivity contribution in [3.8, 4) is 0 Å². The maximum atomic E-state index is 13.2. The minimum atomic E-state index is -1.14. The molecular formula is C17H19FN2O. The molecule has 2 rings (SSSR count). The van der Waals surface area contributed by atoms with Gasteiger partial charge in [0.1, 0.15) is 11.4 Å². The summed E-state index contributed by atoms with van der Waals surface area (Å²) < 4.78 is 13.2. The number of carbonyl (C=O) groups is 1. The topological polar surface area (TPSA) is 55.1 Å². The van der Waals surface area contributed by atoms with E-state index in [2.05, 4.69) is 5.32 Å². The Hall–Kier alpha value is -2.20. The fraction of sp³-hybridized carbons (Fsp3) is 0.235. The molecule has 0 aliphatic heterocycles. The number of nitrogens with one attached hydrogen (secondary N) is 1. The molecule has 21 heavy (non-hydrogen) atoms. The maximum absolute atomic E-state index is 13.2. The monoisotopic (exact) mass is 286 g/mol. The summed E-state index contributed by atoms with van der Waals surface area (Å²) in [6, 6.07) is 15.0. The van der Waals surface area contributed by atoms with Gasteiger partial charge in [-0.1, -0.05) is 42.5 Å². The molecule has 0 aliphatic rings. The lowest BCUT2D eigenvalue weighted by molar-refractivity contribution is -0.126. The SMILES string of the molecule is C[C@H](NC(=O)C(C)(N)c1ccccc1)c1cccc(F)c1. The molecule has 0 fully saturated rings. The molecule has 0 aromatic heterocycles. The van der Waals surface area contributed by atoms with E-state index in [1.165, 1.54) is 12.1 Å². The lowest BCUT2D eigenvalue weighted by atomic mass is 9.91. The Morgan fingerprint density at radius 1 is 1.19 bits per heavy atom. The van der Waals surface area contributed by atoms with Gasteiger partial charge in [0, 0.05) is 0 Å². The second-order valence-corrected chi connectivity index (χ2v) is 5.32. The molecule has 0 saturated carbocycles. The number of rotatable bonds is 4. The van der Waals surface area contributed by atoms with Crippen LogP contribution in [0.3, 0.4) is 0 Å². The lowest BCUT2D eigenvalue weighted by Crippen LogP contribution is -2.49. The maximum Gasteiger partial charge on any atom is 0.244 e. The van der Waals surface area contributed by atoms with Gasteiger partial charge in [0.05, 0.1) is 6.04 Å². The molecule has 3 N–H and O–H groups in total. The van der Waals surface area contributed by atoms with Crippen molar-refractivity contribution in [2.75, 3.05) is 0 Å². The quantitative estimate of drug-likeness (QED) is 0.908. The van der Waals surface area contributed by atoms with Crippen LogP contribution in [0.15, 0.2) is 54.6 Å². The Kier molecular flexibility index (Phi) is 4.38. The van der Waals surface area contributed by atoms with Gasteiger partial charge in [-0.25, -0.2) is 4.39 Å². The summed E-state index contributed by atoms with van der Waals surface area (Å²) in [5.41, 5.74) is 6.45. The van der Waals surface area contributed by atoms with Crippen LogP contribution in [0.4, 0.5) is 4.39 Å². The Morgan fingerprint density at radius 3 is 2.48 bits per heavy atom. The minimum absolute atomic E-state index is 0.300. The molecule has 0 bridgehead atoms. The van der Waals surface area contributed by atoms with Crippen LogP contribution >= 0.6 is 0 Å². The molecule has 110 valence electrons. The Labute approximate surface area is 124 Å². The number of halogens is 1. The highest BCUT2D eigenvalue weighted by molar-refractivity contribution is 5.87. The molecule has 1 amide bonds. The van der Waals surface area contributed by atoms with Crippen molar-refractivity contribution in [3.05, 3.63) is 71.5 Å². The van der Waals surface area contributed by atoms with Gasteiger partial charge in [-0.15, -0.1) is 0 Å². The predicted octanol–water partition coefficient (Wildman–Crippen LogP) is 2.88. The summed E-state index contributed by atoms with van der Waals surface area (Å²) in [5.74, 6) is -0.627. The van der Waals surface area contributed by atoms with E-state index < -0.39 is 5.54 Å². The van der Waals surface area contributed by atoms with Crippen molar-refractivity contribution in [1.82, 2.24) is 5.32 Å². The molecule has 0 radical (unpaired) electrons. The first kappa shape index (κ1) is 15.2. The van der Waals surface area contributed by atoms with Gasteiger partial charge < -0.3 is 11.1 Å². The highest BCUT2D eigenvalue weighted by atomic mass is 19.1. The van der Waals surface area contributed by atoms with Crippen LogP contribution in [0, 0.1) is 5.82 Å². The van der Waals surface area contributed by atoms with Gasteiger partial charge in [0.15, 0.2) is 0 Å². The van der Waals surface area contributed by atoms with Crippen molar-refractivity contribution in [1.29, 1.82) is 0 Å². The van der Waals surface area contributed by atoms with E-state index in [-0.39, 0.29) is 17.8 Å². The molecule has 1 unspecified atom stereocenters. The Bertz CT molecular complexity index is 626. The lowest BCUT2D eigenvalue weighted by Gasteiger charge is -2.26. The number of hydrogen-bond donors (Lipinski definition) is 2. The second kappa shape index (κ2) is 6.06. The summed E-state index contributed by atoms with van der Waals surface area (Å²) in [6.45, 7) is 3.46. The predicted molar refractivity (Wildman–Crippen MR) is 80.9 cm³/mol. The van der Waals surface area contributed by atoms with Gasteiger partial charge in [-0.05, 0) is 37.1 Å². The largest absolute Gasteiger partial charge is 0.348 e. The van der Waals surface area contributed by atoms with Crippen LogP contribution in [-0.4, -0.2) is 5.91 Å². The zero-order chi connectivity index (χ0) is 15.5. The summed E-state index contributed by atoms with van der Waals surface area (Å²) in [6.07, 6.45) is 0. The van der Waals surface area contributed by atoms with Crippen molar-refractivity contribution in [2.45, 2.75) is 25.4 Å². The summed E-state index contributed by atoms with van der Waals surface area (Å²) in [5, 5.41) is 2.83. The smallest absolute Gasteiger partial charge is 0.244 e. The third-order valence-corrected chi connectivity index (χ3v) is 3.54. The van der Waals surface area contributed by atoms with Gasteiger partial charge in [0.25, 0.3) is 0 Å². The Morgan fingerprint density at radius 2 is 1.86 bits per heavy atom. The number of hydrogen-bond acceptors (Lipinski definition) is 2. The second-order valence-electron chi connectivity index (χ2n) is 5.32. The highest BCUT2D eigenvalue weighted by Crippen LogP contribution is 2.20. The molecule has 2 aromatic rings. The third-order valence-electron chi connectivity index (χ3n) is 3.54.